The summed E-state index contributed by atoms with van der Waals surface area (Å²) in [6.07, 6.45) is 0. The number of pyridine rings is 1. The second kappa shape index (κ2) is 6.41. The molecule has 2 aromatic heterocycles. The van der Waals surface area contributed by atoms with Crippen molar-refractivity contribution in [1.29, 1.82) is 0 Å². The molecular weight excluding hydrogens is 352 g/mol. The lowest BCUT2D eigenvalue weighted by Crippen LogP contribution is -2.41. The first-order valence-electron chi connectivity index (χ1n) is 8.22. The Morgan fingerprint density at radius 3 is 2.42 bits per heavy atom. The summed E-state index contributed by atoms with van der Waals surface area (Å²) >= 11 is 0. The predicted octanol–water partition coefficient (Wildman–Crippen LogP) is 1.59. The highest BCUT2D eigenvalue weighted by Crippen LogP contribution is 2.26. The number of benzene rings is 1. The summed E-state index contributed by atoms with van der Waals surface area (Å²) < 4.78 is 23.4. The van der Waals surface area contributed by atoms with Gasteiger partial charge in [0.05, 0.1) is 17.0 Å². The van der Waals surface area contributed by atoms with Crippen molar-refractivity contribution in [3.63, 3.8) is 0 Å². The SMILES string of the molecule is Nc1nc(N2CCS(=O)(=O)CC2)c2nc(Nc3ccccc3)ccc2n1. The Labute approximate surface area is 151 Å². The first-order valence-corrected chi connectivity index (χ1v) is 10.0. The summed E-state index contributed by atoms with van der Waals surface area (Å²) in [6.45, 7) is 0.734. The van der Waals surface area contributed by atoms with E-state index in [-0.39, 0.29) is 17.5 Å². The largest absolute Gasteiger partial charge is 0.368 e. The molecule has 3 aromatic rings. The monoisotopic (exact) mass is 370 g/mol. The summed E-state index contributed by atoms with van der Waals surface area (Å²) in [6, 6.07) is 13.4. The standard InChI is InChI=1S/C17H18N6O2S/c18-17-20-13-6-7-14(19-12-4-2-1-3-5-12)21-15(13)16(22-17)23-8-10-26(24,25)11-9-23/h1-7H,8-11H2,(H,19,21)(H2,18,20,22). The molecule has 4 rings (SSSR count). The maximum Gasteiger partial charge on any atom is 0.222 e. The molecule has 0 saturated carbocycles. The van der Waals surface area contributed by atoms with Gasteiger partial charge in [0, 0.05) is 18.8 Å². The molecule has 1 aliphatic heterocycles. The van der Waals surface area contributed by atoms with E-state index in [9.17, 15) is 8.42 Å². The van der Waals surface area contributed by atoms with Gasteiger partial charge in [-0.25, -0.2) is 18.4 Å². The Kier molecular flexibility index (Phi) is 4.08. The molecule has 1 saturated heterocycles. The molecule has 0 unspecified atom stereocenters. The number of nitrogens with zero attached hydrogens (tertiary/aromatic N) is 4. The Morgan fingerprint density at radius 1 is 0.962 bits per heavy atom. The molecule has 1 fully saturated rings. The molecule has 0 aliphatic carbocycles. The average Bonchev–Trinajstić information content (AvgIpc) is 2.62. The van der Waals surface area contributed by atoms with E-state index in [1.165, 1.54) is 0 Å². The molecular formula is C17H18N6O2S. The predicted molar refractivity (Wildman–Crippen MR) is 102 cm³/mol. The highest BCUT2D eigenvalue weighted by Gasteiger charge is 2.25. The highest BCUT2D eigenvalue weighted by atomic mass is 32.2. The van der Waals surface area contributed by atoms with Crippen LogP contribution in [0.2, 0.25) is 0 Å². The van der Waals surface area contributed by atoms with Crippen molar-refractivity contribution in [3.05, 3.63) is 42.5 Å². The summed E-state index contributed by atoms with van der Waals surface area (Å²) in [7, 11) is -2.98. The van der Waals surface area contributed by atoms with E-state index in [4.69, 9.17) is 5.73 Å². The zero-order chi connectivity index (χ0) is 18.1. The molecule has 3 heterocycles. The van der Waals surface area contributed by atoms with Crippen LogP contribution in [0.15, 0.2) is 42.5 Å². The fraction of sp³-hybridized carbons (Fsp3) is 0.235. The van der Waals surface area contributed by atoms with E-state index in [0.29, 0.717) is 35.8 Å². The molecule has 0 atom stereocenters. The van der Waals surface area contributed by atoms with E-state index >= 15 is 0 Å². The van der Waals surface area contributed by atoms with Gasteiger partial charge in [-0.15, -0.1) is 0 Å². The van der Waals surface area contributed by atoms with Gasteiger partial charge >= 0.3 is 0 Å². The number of nitrogens with one attached hydrogen (secondary N) is 1. The third-order valence-electron chi connectivity index (χ3n) is 4.23. The molecule has 8 nitrogen and oxygen atoms in total. The normalized spacial score (nSPS) is 16.5. The zero-order valence-electron chi connectivity index (χ0n) is 14.0. The minimum Gasteiger partial charge on any atom is -0.368 e. The number of para-hydroxylation sites is 1. The first kappa shape index (κ1) is 16.5. The fourth-order valence-electron chi connectivity index (χ4n) is 2.90. The molecule has 26 heavy (non-hydrogen) atoms. The quantitative estimate of drug-likeness (QED) is 0.714. The molecule has 9 heteroatoms. The lowest BCUT2D eigenvalue weighted by Gasteiger charge is -2.28. The summed E-state index contributed by atoms with van der Waals surface area (Å²) in [5.74, 6) is 1.56. The van der Waals surface area contributed by atoms with Crippen molar-refractivity contribution in [2.75, 3.05) is 40.5 Å². The van der Waals surface area contributed by atoms with Crippen LogP contribution in [0.4, 0.5) is 23.3 Å². The van der Waals surface area contributed by atoms with Crippen LogP contribution in [0.1, 0.15) is 0 Å². The van der Waals surface area contributed by atoms with Gasteiger partial charge in [0.15, 0.2) is 15.7 Å². The van der Waals surface area contributed by atoms with E-state index in [0.717, 1.165) is 5.69 Å². The molecule has 1 aromatic carbocycles. The van der Waals surface area contributed by atoms with Crippen LogP contribution in [0.5, 0.6) is 0 Å². The molecule has 3 N–H and O–H groups in total. The molecule has 1 aliphatic rings. The highest BCUT2D eigenvalue weighted by molar-refractivity contribution is 7.91. The minimum atomic E-state index is -2.98. The number of rotatable bonds is 3. The average molecular weight is 370 g/mol. The molecule has 0 amide bonds. The van der Waals surface area contributed by atoms with Gasteiger partial charge < -0.3 is 16.0 Å². The summed E-state index contributed by atoms with van der Waals surface area (Å²) in [5, 5.41) is 3.24. The van der Waals surface area contributed by atoms with Crippen molar-refractivity contribution in [2.24, 2.45) is 0 Å². The van der Waals surface area contributed by atoms with Gasteiger partial charge in [-0.3, -0.25) is 0 Å². The topological polar surface area (TPSA) is 114 Å². The third kappa shape index (κ3) is 3.38. The maximum atomic E-state index is 11.7. The number of hydrogen-bond acceptors (Lipinski definition) is 8. The van der Waals surface area contributed by atoms with Crippen LogP contribution in [0.25, 0.3) is 11.0 Å². The molecule has 0 spiro atoms. The second-order valence-corrected chi connectivity index (χ2v) is 8.40. The smallest absolute Gasteiger partial charge is 0.222 e. The van der Waals surface area contributed by atoms with Crippen molar-refractivity contribution in [3.8, 4) is 0 Å². The number of fused-ring (bicyclic) bond motifs is 1. The van der Waals surface area contributed by atoms with E-state index in [1.807, 2.05) is 47.4 Å². The van der Waals surface area contributed by atoms with Gasteiger partial charge in [-0.05, 0) is 24.3 Å². The van der Waals surface area contributed by atoms with Crippen molar-refractivity contribution in [2.45, 2.75) is 0 Å². The number of nitrogens with two attached hydrogens (primary N) is 1. The lowest BCUT2D eigenvalue weighted by molar-refractivity contribution is 0.586. The number of nitrogen functional groups attached to an aromatic ring is 1. The van der Waals surface area contributed by atoms with Crippen LogP contribution in [0.3, 0.4) is 0 Å². The van der Waals surface area contributed by atoms with E-state index in [2.05, 4.69) is 20.3 Å². The number of anilines is 4. The van der Waals surface area contributed by atoms with Crippen LogP contribution >= 0.6 is 0 Å². The Bertz CT molecular complexity index is 1040. The zero-order valence-corrected chi connectivity index (χ0v) is 14.8. The summed E-state index contributed by atoms with van der Waals surface area (Å²) in [5.41, 5.74) is 7.97. The Hall–Kier alpha value is -2.94. The van der Waals surface area contributed by atoms with Crippen molar-refractivity contribution < 1.29 is 8.42 Å². The number of aromatic nitrogens is 3. The fourth-order valence-corrected chi connectivity index (χ4v) is 4.10. The van der Waals surface area contributed by atoms with Crippen molar-refractivity contribution in [1.82, 2.24) is 15.0 Å². The van der Waals surface area contributed by atoms with Crippen LogP contribution < -0.4 is 16.0 Å². The molecule has 0 bridgehead atoms. The van der Waals surface area contributed by atoms with E-state index in [1.54, 1.807) is 0 Å². The van der Waals surface area contributed by atoms with E-state index < -0.39 is 9.84 Å². The lowest BCUT2D eigenvalue weighted by atomic mass is 10.3. The van der Waals surface area contributed by atoms with Gasteiger partial charge in [0.25, 0.3) is 0 Å². The van der Waals surface area contributed by atoms with Crippen molar-refractivity contribution >= 4 is 44.1 Å². The number of hydrogen-bond donors (Lipinski definition) is 2. The van der Waals surface area contributed by atoms with Gasteiger partial charge in [0.2, 0.25) is 5.95 Å². The summed E-state index contributed by atoms with van der Waals surface area (Å²) in [4.78, 5) is 15.1. The van der Waals surface area contributed by atoms with Crippen LogP contribution in [0, 0.1) is 0 Å². The Balaban J connectivity index is 1.73. The van der Waals surface area contributed by atoms with Gasteiger partial charge in [-0.2, -0.15) is 4.98 Å². The minimum absolute atomic E-state index is 0.0976. The van der Waals surface area contributed by atoms with Gasteiger partial charge in [0.1, 0.15) is 11.3 Å². The van der Waals surface area contributed by atoms with Gasteiger partial charge in [-0.1, -0.05) is 18.2 Å². The molecule has 0 radical (unpaired) electrons. The molecule has 134 valence electrons. The maximum absolute atomic E-state index is 11.7. The first-order chi connectivity index (χ1) is 12.5. The van der Waals surface area contributed by atoms with Crippen LogP contribution in [-0.2, 0) is 9.84 Å². The Morgan fingerprint density at radius 2 is 1.69 bits per heavy atom. The third-order valence-corrected chi connectivity index (χ3v) is 5.84. The van der Waals surface area contributed by atoms with Crippen LogP contribution in [-0.4, -0.2) is 48.0 Å². The number of sulfone groups is 1. The second-order valence-electron chi connectivity index (χ2n) is 6.10.